The van der Waals surface area contributed by atoms with E-state index in [-0.39, 0.29) is 0 Å². The average molecular weight is 188 g/mol. The van der Waals surface area contributed by atoms with Crippen LogP contribution in [0.1, 0.15) is 24.0 Å². The van der Waals surface area contributed by atoms with E-state index in [1.165, 1.54) is 22.0 Å². The molecule has 2 heteroatoms. The number of aromatic amines is 1. The lowest BCUT2D eigenvalue weighted by atomic mass is 10.00. The number of hydrogen-bond donors (Lipinski definition) is 2. The predicted octanol–water partition coefficient (Wildman–Crippen LogP) is 2.54. The monoisotopic (exact) mass is 188 g/mol. The number of hydrogen-bond acceptors (Lipinski definition) is 1. The smallest absolute Gasteiger partial charge is 0.0486 e. The number of para-hydroxylation sites is 1. The first-order valence-electron chi connectivity index (χ1n) is 5.00. The Morgan fingerprint density at radius 2 is 2.21 bits per heavy atom. The predicted molar refractivity (Wildman–Crippen MR) is 60.5 cm³/mol. The molecule has 0 radical (unpaired) electrons. The quantitative estimate of drug-likeness (QED) is 0.747. The molecule has 0 aliphatic heterocycles. The van der Waals surface area contributed by atoms with Crippen molar-refractivity contribution in [1.29, 1.82) is 0 Å². The first kappa shape index (κ1) is 9.28. The van der Waals surface area contributed by atoms with E-state index in [1.807, 2.05) is 0 Å². The minimum absolute atomic E-state index is 0.422. The number of nitrogens with two attached hydrogens (primary N) is 1. The molecular formula is C12H16N2. The lowest BCUT2D eigenvalue weighted by Crippen LogP contribution is -2.08. The molecule has 1 aromatic carbocycles. The van der Waals surface area contributed by atoms with Crippen LogP contribution in [-0.2, 0) is 0 Å². The molecule has 0 fully saturated rings. The third-order valence-electron chi connectivity index (χ3n) is 2.84. The van der Waals surface area contributed by atoms with E-state index >= 15 is 0 Å². The van der Waals surface area contributed by atoms with Crippen LogP contribution in [0.5, 0.6) is 0 Å². The zero-order chi connectivity index (χ0) is 10.1. The van der Waals surface area contributed by atoms with E-state index in [1.54, 1.807) is 0 Å². The molecule has 2 aromatic rings. The molecule has 3 N–H and O–H groups in total. The van der Waals surface area contributed by atoms with Gasteiger partial charge in [0.1, 0.15) is 0 Å². The van der Waals surface area contributed by atoms with Gasteiger partial charge in [-0.05, 0) is 30.5 Å². The van der Waals surface area contributed by atoms with Crippen LogP contribution < -0.4 is 5.73 Å². The number of aromatic nitrogens is 1. The van der Waals surface area contributed by atoms with Gasteiger partial charge in [-0.2, -0.15) is 0 Å². The Bertz CT molecular complexity index is 443. The van der Waals surface area contributed by atoms with Gasteiger partial charge in [-0.15, -0.1) is 0 Å². The first-order valence-corrected chi connectivity index (χ1v) is 5.00. The molecule has 2 nitrogen and oxygen atoms in total. The Labute approximate surface area is 84.1 Å². The summed E-state index contributed by atoms with van der Waals surface area (Å²) in [4.78, 5) is 3.32. The van der Waals surface area contributed by atoms with Crippen LogP contribution in [0.4, 0.5) is 0 Å². The van der Waals surface area contributed by atoms with Gasteiger partial charge in [-0.25, -0.2) is 0 Å². The highest BCUT2D eigenvalue weighted by Gasteiger charge is 2.09. The summed E-state index contributed by atoms with van der Waals surface area (Å²) in [5, 5.41) is 1.31. The third-order valence-corrected chi connectivity index (χ3v) is 2.84. The molecule has 74 valence electrons. The van der Waals surface area contributed by atoms with E-state index in [0.717, 1.165) is 0 Å². The summed E-state index contributed by atoms with van der Waals surface area (Å²) in [7, 11) is 0. The molecular weight excluding hydrogens is 172 g/mol. The van der Waals surface area contributed by atoms with Gasteiger partial charge in [0.05, 0.1) is 0 Å². The van der Waals surface area contributed by atoms with Crippen molar-refractivity contribution in [2.45, 2.75) is 19.8 Å². The Morgan fingerprint density at radius 1 is 1.43 bits per heavy atom. The molecule has 1 heterocycles. The van der Waals surface area contributed by atoms with Crippen molar-refractivity contribution in [2.24, 2.45) is 5.73 Å². The maximum atomic E-state index is 5.68. The first-order chi connectivity index (χ1) is 6.74. The average Bonchev–Trinajstić information content (AvgIpc) is 2.62. The van der Waals surface area contributed by atoms with Gasteiger partial charge in [0, 0.05) is 17.1 Å². The lowest BCUT2D eigenvalue weighted by Gasteiger charge is -2.06. The number of rotatable bonds is 2. The van der Waals surface area contributed by atoms with Crippen LogP contribution in [0.2, 0.25) is 0 Å². The second-order valence-corrected chi connectivity index (χ2v) is 3.88. The van der Waals surface area contributed by atoms with Crippen molar-refractivity contribution in [3.63, 3.8) is 0 Å². The molecule has 14 heavy (non-hydrogen) atoms. The van der Waals surface area contributed by atoms with Crippen LogP contribution in [-0.4, -0.2) is 11.5 Å². The van der Waals surface area contributed by atoms with Gasteiger partial charge >= 0.3 is 0 Å². The standard InChI is InChI=1S/C12H16N2/c1-8-4-3-5-10-11(9(2)6-13)7-14-12(8)10/h3-5,7,9,14H,6,13H2,1-2H3/t9-/m0/s1. The van der Waals surface area contributed by atoms with Crippen LogP contribution in [0.25, 0.3) is 10.9 Å². The minimum atomic E-state index is 0.422. The highest BCUT2D eigenvalue weighted by molar-refractivity contribution is 5.86. The van der Waals surface area contributed by atoms with Crippen molar-refractivity contribution >= 4 is 10.9 Å². The summed E-state index contributed by atoms with van der Waals surface area (Å²) >= 11 is 0. The number of H-pyrrole nitrogens is 1. The fourth-order valence-corrected chi connectivity index (χ4v) is 1.86. The Balaban J connectivity index is 2.63. The maximum absolute atomic E-state index is 5.68. The van der Waals surface area contributed by atoms with E-state index in [0.29, 0.717) is 12.5 Å². The fourth-order valence-electron chi connectivity index (χ4n) is 1.86. The number of benzene rings is 1. The van der Waals surface area contributed by atoms with Crippen LogP contribution >= 0.6 is 0 Å². The van der Waals surface area contributed by atoms with Gasteiger partial charge in [0.15, 0.2) is 0 Å². The second-order valence-electron chi connectivity index (χ2n) is 3.88. The fraction of sp³-hybridized carbons (Fsp3) is 0.333. The Hall–Kier alpha value is -1.28. The normalized spacial score (nSPS) is 13.4. The summed E-state index contributed by atoms with van der Waals surface area (Å²) in [5.74, 6) is 0.422. The molecule has 0 spiro atoms. The molecule has 0 amide bonds. The van der Waals surface area contributed by atoms with Crippen molar-refractivity contribution < 1.29 is 0 Å². The van der Waals surface area contributed by atoms with Crippen LogP contribution in [0.3, 0.4) is 0 Å². The summed E-state index contributed by atoms with van der Waals surface area (Å²) in [5.41, 5.74) is 9.53. The summed E-state index contributed by atoms with van der Waals surface area (Å²) in [6.45, 7) is 4.97. The Morgan fingerprint density at radius 3 is 2.93 bits per heavy atom. The SMILES string of the molecule is Cc1cccc2c([C@@H](C)CN)c[nH]c12. The molecule has 0 aliphatic rings. The lowest BCUT2D eigenvalue weighted by molar-refractivity contribution is 0.780. The summed E-state index contributed by atoms with van der Waals surface area (Å²) < 4.78 is 0. The number of fused-ring (bicyclic) bond motifs is 1. The molecule has 1 atom stereocenters. The van der Waals surface area contributed by atoms with Gasteiger partial charge in [0.25, 0.3) is 0 Å². The van der Waals surface area contributed by atoms with Crippen molar-refractivity contribution in [1.82, 2.24) is 4.98 Å². The number of aryl methyl sites for hydroxylation is 1. The molecule has 0 saturated heterocycles. The van der Waals surface area contributed by atoms with E-state index in [4.69, 9.17) is 5.73 Å². The van der Waals surface area contributed by atoms with Crippen molar-refractivity contribution in [3.8, 4) is 0 Å². The zero-order valence-corrected chi connectivity index (χ0v) is 8.67. The molecule has 0 unspecified atom stereocenters. The third kappa shape index (κ3) is 1.32. The van der Waals surface area contributed by atoms with Gasteiger partial charge < -0.3 is 10.7 Å². The van der Waals surface area contributed by atoms with Crippen molar-refractivity contribution in [3.05, 3.63) is 35.5 Å². The molecule has 0 bridgehead atoms. The van der Waals surface area contributed by atoms with Crippen LogP contribution in [0.15, 0.2) is 24.4 Å². The topological polar surface area (TPSA) is 41.8 Å². The van der Waals surface area contributed by atoms with E-state index in [2.05, 4.69) is 43.2 Å². The van der Waals surface area contributed by atoms with Gasteiger partial charge in [-0.3, -0.25) is 0 Å². The highest BCUT2D eigenvalue weighted by Crippen LogP contribution is 2.26. The van der Waals surface area contributed by atoms with Gasteiger partial charge in [-0.1, -0.05) is 25.1 Å². The largest absolute Gasteiger partial charge is 0.361 e. The molecule has 0 saturated carbocycles. The molecule has 0 aliphatic carbocycles. The van der Waals surface area contributed by atoms with E-state index < -0.39 is 0 Å². The van der Waals surface area contributed by atoms with Crippen molar-refractivity contribution in [2.75, 3.05) is 6.54 Å². The summed E-state index contributed by atoms with van der Waals surface area (Å²) in [6.07, 6.45) is 2.08. The van der Waals surface area contributed by atoms with Gasteiger partial charge in [0.2, 0.25) is 0 Å². The van der Waals surface area contributed by atoms with Crippen LogP contribution in [0, 0.1) is 6.92 Å². The zero-order valence-electron chi connectivity index (χ0n) is 8.67. The molecule has 1 aromatic heterocycles. The minimum Gasteiger partial charge on any atom is -0.361 e. The Kier molecular flexibility index (Phi) is 2.30. The second kappa shape index (κ2) is 3.46. The molecule has 2 rings (SSSR count). The summed E-state index contributed by atoms with van der Waals surface area (Å²) in [6, 6.07) is 6.37. The number of nitrogens with one attached hydrogen (secondary N) is 1. The maximum Gasteiger partial charge on any atom is 0.0486 e. The highest BCUT2D eigenvalue weighted by atomic mass is 14.7. The van der Waals surface area contributed by atoms with E-state index in [9.17, 15) is 0 Å².